The first-order chi connectivity index (χ1) is 22.8. The van der Waals surface area contributed by atoms with Gasteiger partial charge in [0.1, 0.15) is 16.5 Å². The lowest BCUT2D eigenvalue weighted by molar-refractivity contribution is -0.145. The number of amidine groups is 1. The molecule has 0 spiro atoms. The number of halogens is 2. The van der Waals surface area contributed by atoms with Gasteiger partial charge in [-0.25, -0.2) is 4.99 Å². The van der Waals surface area contributed by atoms with Crippen molar-refractivity contribution >= 4 is 51.9 Å². The van der Waals surface area contributed by atoms with E-state index in [1.807, 2.05) is 72.2 Å². The van der Waals surface area contributed by atoms with Gasteiger partial charge in [-0.15, -0.1) is 0 Å². The van der Waals surface area contributed by atoms with Crippen molar-refractivity contribution in [2.75, 3.05) is 32.8 Å². The van der Waals surface area contributed by atoms with Crippen LogP contribution in [0.2, 0.25) is 10.0 Å². The van der Waals surface area contributed by atoms with Gasteiger partial charge in [0.2, 0.25) is 5.91 Å². The second kappa shape index (κ2) is 14.0. The standard InChI is InChI=1S/C36H45Cl2N5O4S/c1-21(2)30-31(34(47)42-22(3)6-15-29(42)33(46)41-17-16-40(23(4)18-41)19-28(45)20-44)48-35-39-36(5,25-9-13-27(38)14-10-25)32(43(30)35)24-7-11-26(37)12-8-24/h7-14,21-23,28-29,32,44-45H,6,15-20H2,1-5H3/t22-,23-,28+,29-,32-,36+/m1/s1. The number of aliphatic imine (C=N–C) groups is 1. The first-order valence-electron chi connectivity index (χ1n) is 16.8. The Hall–Kier alpha value is -2.60. The van der Waals surface area contributed by atoms with Crippen LogP contribution in [-0.2, 0) is 15.1 Å². The van der Waals surface area contributed by atoms with Gasteiger partial charge in [0.15, 0.2) is 5.17 Å². The molecule has 0 radical (unpaired) electrons. The Bertz CT molecular complexity index is 1600. The van der Waals surface area contributed by atoms with Crippen LogP contribution >= 0.6 is 35.0 Å². The van der Waals surface area contributed by atoms with Gasteiger partial charge < -0.3 is 24.9 Å². The summed E-state index contributed by atoms with van der Waals surface area (Å²) in [6.07, 6.45) is 0.557. The summed E-state index contributed by atoms with van der Waals surface area (Å²) in [7, 11) is 0. The predicted molar refractivity (Wildman–Crippen MR) is 192 cm³/mol. The van der Waals surface area contributed by atoms with Crippen molar-refractivity contribution in [1.82, 2.24) is 19.6 Å². The van der Waals surface area contributed by atoms with Crippen LogP contribution in [0.5, 0.6) is 0 Å². The Balaban J connectivity index is 1.31. The summed E-state index contributed by atoms with van der Waals surface area (Å²) in [6.45, 7) is 12.1. The molecule has 2 saturated heterocycles. The average molecular weight is 715 g/mol. The fourth-order valence-corrected chi connectivity index (χ4v) is 9.36. The molecule has 6 atom stereocenters. The minimum atomic E-state index is -0.811. The van der Waals surface area contributed by atoms with Crippen LogP contribution in [0, 0.1) is 5.92 Å². The van der Waals surface area contributed by atoms with Gasteiger partial charge in [-0.05, 0) is 86.7 Å². The summed E-state index contributed by atoms with van der Waals surface area (Å²) in [5.74, 6) is -0.143. The number of carbonyl (C=O) groups is 2. The smallest absolute Gasteiger partial charge is 0.263 e. The number of nitrogens with zero attached hydrogens (tertiary/aromatic N) is 5. The van der Waals surface area contributed by atoms with Crippen LogP contribution in [-0.4, -0.2) is 104 Å². The third kappa shape index (κ3) is 6.40. The van der Waals surface area contributed by atoms with E-state index in [4.69, 9.17) is 28.2 Å². The second-order valence-electron chi connectivity index (χ2n) is 14.0. The molecule has 0 saturated carbocycles. The Morgan fingerprint density at radius 3 is 2.25 bits per heavy atom. The van der Waals surface area contributed by atoms with Crippen molar-refractivity contribution in [2.24, 2.45) is 10.9 Å². The molecule has 258 valence electrons. The molecular weight excluding hydrogens is 669 g/mol. The number of amides is 2. The first kappa shape index (κ1) is 35.2. The van der Waals surface area contributed by atoms with E-state index in [0.717, 1.165) is 28.4 Å². The van der Waals surface area contributed by atoms with Crippen LogP contribution in [0.1, 0.15) is 64.6 Å². The number of thioether (sulfide) groups is 1. The summed E-state index contributed by atoms with van der Waals surface area (Å²) >= 11 is 14.0. The molecule has 48 heavy (non-hydrogen) atoms. The van der Waals surface area contributed by atoms with Crippen molar-refractivity contribution in [3.8, 4) is 0 Å². The number of likely N-dealkylation sites (tertiary alicyclic amines) is 1. The molecule has 2 aromatic carbocycles. The molecule has 0 aromatic heterocycles. The SMILES string of the molecule is CC(C)C1=C(C(=O)N2[C@H](C)CC[C@@H]2C(=O)N2CCN(C[C@H](O)CO)[C@H](C)C2)SC2=N[C@@](C)(c3ccc(Cl)cc3)[C@@H](c3ccc(Cl)cc3)N21. The minimum Gasteiger partial charge on any atom is -0.394 e. The maximum absolute atomic E-state index is 14.7. The van der Waals surface area contributed by atoms with E-state index < -0.39 is 17.7 Å². The first-order valence-corrected chi connectivity index (χ1v) is 18.4. The highest BCUT2D eigenvalue weighted by Crippen LogP contribution is 2.56. The minimum absolute atomic E-state index is 0.00165. The van der Waals surface area contributed by atoms with Crippen molar-refractivity contribution in [3.05, 3.63) is 80.3 Å². The molecule has 6 rings (SSSR count). The number of hydrogen-bond donors (Lipinski definition) is 2. The highest BCUT2D eigenvalue weighted by atomic mass is 35.5. The van der Waals surface area contributed by atoms with Crippen LogP contribution in [0.15, 0.2) is 64.1 Å². The van der Waals surface area contributed by atoms with Gasteiger partial charge in [-0.1, -0.05) is 61.3 Å². The van der Waals surface area contributed by atoms with Crippen LogP contribution < -0.4 is 0 Å². The van der Waals surface area contributed by atoms with Crippen molar-refractivity contribution in [2.45, 2.75) is 83.3 Å². The zero-order valence-electron chi connectivity index (χ0n) is 28.1. The summed E-state index contributed by atoms with van der Waals surface area (Å²) in [5, 5.41) is 21.3. The third-order valence-electron chi connectivity index (χ3n) is 10.3. The number of benzene rings is 2. The van der Waals surface area contributed by atoms with Crippen LogP contribution in [0.4, 0.5) is 0 Å². The summed E-state index contributed by atoms with van der Waals surface area (Å²) in [4.78, 5) is 42.8. The second-order valence-corrected chi connectivity index (χ2v) is 15.8. The summed E-state index contributed by atoms with van der Waals surface area (Å²) < 4.78 is 0. The van der Waals surface area contributed by atoms with E-state index in [2.05, 4.69) is 30.6 Å². The average Bonchev–Trinajstić information content (AvgIpc) is 3.71. The number of fused-ring (bicyclic) bond motifs is 1. The van der Waals surface area contributed by atoms with Gasteiger partial charge in [0.05, 0.1) is 18.8 Å². The topological polar surface area (TPSA) is 99.9 Å². The fraction of sp³-hybridized carbons (Fsp3) is 0.528. The molecule has 0 aliphatic carbocycles. The highest BCUT2D eigenvalue weighted by Gasteiger charge is 2.54. The van der Waals surface area contributed by atoms with E-state index in [9.17, 15) is 19.8 Å². The molecule has 4 aliphatic heterocycles. The Kier molecular flexibility index (Phi) is 10.2. The number of β-amino-alcohol motifs (C(OH)–C–C–N with tert-alkyl or cyclic N) is 1. The molecule has 0 unspecified atom stereocenters. The molecule has 2 fully saturated rings. The van der Waals surface area contributed by atoms with Gasteiger partial charge in [-0.2, -0.15) is 0 Å². The maximum Gasteiger partial charge on any atom is 0.263 e. The van der Waals surface area contributed by atoms with Gasteiger partial charge >= 0.3 is 0 Å². The van der Waals surface area contributed by atoms with Crippen molar-refractivity contribution < 1.29 is 19.8 Å². The third-order valence-corrected chi connectivity index (χ3v) is 11.8. The van der Waals surface area contributed by atoms with E-state index >= 15 is 0 Å². The molecule has 9 nitrogen and oxygen atoms in total. The number of rotatable bonds is 8. The fourth-order valence-electron chi connectivity index (χ4n) is 7.76. The lowest BCUT2D eigenvalue weighted by Gasteiger charge is -2.42. The molecule has 2 aromatic rings. The van der Waals surface area contributed by atoms with Crippen molar-refractivity contribution in [1.29, 1.82) is 0 Å². The Labute approximate surface area is 297 Å². The van der Waals surface area contributed by atoms with E-state index in [1.165, 1.54) is 11.8 Å². The summed E-state index contributed by atoms with van der Waals surface area (Å²) in [6, 6.07) is 14.8. The van der Waals surface area contributed by atoms with Gasteiger partial charge in [-0.3, -0.25) is 14.5 Å². The Morgan fingerprint density at radius 2 is 1.65 bits per heavy atom. The summed E-state index contributed by atoms with van der Waals surface area (Å²) in [5.41, 5.74) is 2.30. The molecule has 12 heteroatoms. The predicted octanol–water partition coefficient (Wildman–Crippen LogP) is 5.50. The van der Waals surface area contributed by atoms with E-state index in [-0.39, 0.29) is 42.5 Å². The molecular formula is C36H45Cl2N5O4S. The largest absolute Gasteiger partial charge is 0.394 e. The van der Waals surface area contributed by atoms with Crippen LogP contribution in [0.3, 0.4) is 0 Å². The Morgan fingerprint density at radius 1 is 1.00 bits per heavy atom. The number of aliphatic hydroxyl groups excluding tert-OH is 2. The molecule has 0 bridgehead atoms. The zero-order chi connectivity index (χ0) is 34.5. The lowest BCUT2D eigenvalue weighted by atomic mass is 9.81. The molecule has 4 aliphatic rings. The van der Waals surface area contributed by atoms with E-state index in [0.29, 0.717) is 47.6 Å². The highest BCUT2D eigenvalue weighted by molar-refractivity contribution is 8.18. The monoisotopic (exact) mass is 713 g/mol. The molecule has 4 heterocycles. The van der Waals surface area contributed by atoms with Gasteiger partial charge in [0, 0.05) is 54.0 Å². The molecule has 2 N–H and O–H groups in total. The van der Waals surface area contributed by atoms with E-state index in [1.54, 1.807) is 0 Å². The number of carbonyl (C=O) groups excluding carboxylic acids is 2. The van der Waals surface area contributed by atoms with Crippen LogP contribution in [0.25, 0.3) is 0 Å². The lowest BCUT2D eigenvalue weighted by Crippen LogP contribution is -2.59. The van der Waals surface area contributed by atoms with Gasteiger partial charge in [0.25, 0.3) is 5.91 Å². The number of allylic oxidation sites excluding steroid dienone is 1. The zero-order valence-corrected chi connectivity index (χ0v) is 30.5. The quantitative estimate of drug-likeness (QED) is 0.373. The maximum atomic E-state index is 14.7. The number of aliphatic hydroxyl groups is 2. The number of piperazine rings is 1. The number of hydrogen-bond acceptors (Lipinski definition) is 8. The van der Waals surface area contributed by atoms with Crippen molar-refractivity contribution in [3.63, 3.8) is 0 Å². The molecule has 2 amide bonds. The normalized spacial score (nSPS) is 28.4.